The molecule has 114 valence electrons. The Balaban J connectivity index is 1.90. The number of rotatable bonds is 7. The number of nitrogens with one attached hydrogen (secondary N) is 1. The van der Waals surface area contributed by atoms with Gasteiger partial charge in [0.1, 0.15) is 6.61 Å². The largest absolute Gasteiger partial charge is 0.377 e. The molecule has 0 radical (unpaired) electrons. The number of ether oxygens (including phenoxy) is 1. The van der Waals surface area contributed by atoms with E-state index in [1.165, 1.54) is 19.4 Å². The Hall–Kier alpha value is -0.910. The molecule has 5 heteroatoms. The lowest BCUT2D eigenvalue weighted by molar-refractivity contribution is 0.152. The molecule has 1 aromatic rings. The minimum absolute atomic E-state index is 0.487. The second kappa shape index (κ2) is 7.76. The van der Waals surface area contributed by atoms with Gasteiger partial charge in [-0.2, -0.15) is 0 Å². The van der Waals surface area contributed by atoms with E-state index < -0.39 is 0 Å². The van der Waals surface area contributed by atoms with Crippen LogP contribution in [0.15, 0.2) is 10.6 Å². The van der Waals surface area contributed by atoms with Crippen LogP contribution in [0, 0.1) is 5.92 Å². The Morgan fingerprint density at radius 2 is 2.40 bits per heavy atom. The molecule has 20 heavy (non-hydrogen) atoms. The minimum Gasteiger partial charge on any atom is -0.377 e. The van der Waals surface area contributed by atoms with Crippen molar-refractivity contribution in [2.24, 2.45) is 5.92 Å². The molecule has 1 aliphatic rings. The van der Waals surface area contributed by atoms with E-state index >= 15 is 0 Å². The van der Waals surface area contributed by atoms with E-state index in [9.17, 15) is 0 Å². The van der Waals surface area contributed by atoms with Crippen LogP contribution >= 0.6 is 0 Å². The molecular weight excluding hydrogens is 254 g/mol. The number of hydrogen-bond donors (Lipinski definition) is 1. The normalized spacial score (nSPS) is 19.9. The second-order valence-electron chi connectivity index (χ2n) is 5.95. The molecule has 1 N–H and O–H groups in total. The van der Waals surface area contributed by atoms with E-state index in [0.717, 1.165) is 37.0 Å². The van der Waals surface area contributed by atoms with Gasteiger partial charge in [-0.25, -0.2) is 0 Å². The summed E-state index contributed by atoms with van der Waals surface area (Å²) < 4.78 is 10.3. The molecule has 0 spiro atoms. The molecular formula is C15H27N3O2. The number of piperidine rings is 1. The summed E-state index contributed by atoms with van der Waals surface area (Å²) in [6, 6.07) is 2.51. The summed E-state index contributed by atoms with van der Waals surface area (Å²) in [6.07, 6.45) is 2.61. The minimum atomic E-state index is 0.487. The van der Waals surface area contributed by atoms with Crippen molar-refractivity contribution in [3.63, 3.8) is 0 Å². The van der Waals surface area contributed by atoms with Crippen molar-refractivity contribution in [2.75, 3.05) is 26.7 Å². The lowest BCUT2D eigenvalue weighted by atomic mass is 9.98. The molecule has 2 rings (SSSR count). The molecule has 0 aliphatic carbocycles. The number of methoxy groups -OCH3 is 1. The van der Waals surface area contributed by atoms with Crippen LogP contribution in [-0.2, 0) is 17.9 Å². The van der Waals surface area contributed by atoms with Crippen LogP contribution in [0.5, 0.6) is 0 Å². The first-order chi connectivity index (χ1) is 9.69. The predicted molar refractivity (Wildman–Crippen MR) is 78.4 cm³/mol. The smallest absolute Gasteiger partial charge is 0.162 e. The third-order valence-electron chi connectivity index (χ3n) is 3.88. The molecule has 2 heterocycles. The molecule has 0 saturated carbocycles. The van der Waals surface area contributed by atoms with Gasteiger partial charge in [0.05, 0.1) is 5.69 Å². The summed E-state index contributed by atoms with van der Waals surface area (Å²) in [5.41, 5.74) is 0.995. The fraction of sp³-hybridized carbons (Fsp3) is 0.800. The van der Waals surface area contributed by atoms with E-state index in [2.05, 4.69) is 29.2 Å². The van der Waals surface area contributed by atoms with Crippen LogP contribution in [0.4, 0.5) is 0 Å². The van der Waals surface area contributed by atoms with Crippen molar-refractivity contribution in [2.45, 2.75) is 45.9 Å². The predicted octanol–water partition coefficient (Wildman–Crippen LogP) is 2.03. The average Bonchev–Trinajstić information content (AvgIpc) is 2.87. The summed E-state index contributed by atoms with van der Waals surface area (Å²) in [6.45, 7) is 9.25. The third-order valence-corrected chi connectivity index (χ3v) is 3.88. The summed E-state index contributed by atoms with van der Waals surface area (Å²) in [5.74, 6) is 1.54. The Bertz CT molecular complexity index is 386. The monoisotopic (exact) mass is 281 g/mol. The molecule has 0 bridgehead atoms. The molecule has 1 atom stereocenters. The van der Waals surface area contributed by atoms with E-state index in [4.69, 9.17) is 9.26 Å². The van der Waals surface area contributed by atoms with Gasteiger partial charge >= 0.3 is 0 Å². The zero-order chi connectivity index (χ0) is 14.4. The van der Waals surface area contributed by atoms with Gasteiger partial charge in [-0.1, -0.05) is 5.16 Å². The molecule has 0 amide bonds. The van der Waals surface area contributed by atoms with Crippen LogP contribution in [0.2, 0.25) is 0 Å². The lowest BCUT2D eigenvalue weighted by Gasteiger charge is -2.32. The van der Waals surface area contributed by atoms with E-state index in [1.54, 1.807) is 7.11 Å². The third kappa shape index (κ3) is 4.58. The van der Waals surface area contributed by atoms with Crippen molar-refractivity contribution in [3.8, 4) is 0 Å². The fourth-order valence-electron chi connectivity index (χ4n) is 2.72. The summed E-state index contributed by atoms with van der Waals surface area (Å²) in [5, 5.41) is 7.62. The number of nitrogens with zero attached hydrogens (tertiary/aromatic N) is 2. The molecule has 0 aromatic carbocycles. The first-order valence-corrected chi connectivity index (χ1v) is 7.57. The first kappa shape index (κ1) is 15.5. The van der Waals surface area contributed by atoms with E-state index in [-0.39, 0.29) is 0 Å². The summed E-state index contributed by atoms with van der Waals surface area (Å²) in [4.78, 5) is 2.48. The zero-order valence-corrected chi connectivity index (χ0v) is 12.9. The van der Waals surface area contributed by atoms with Gasteiger partial charge in [-0.15, -0.1) is 0 Å². The number of aromatic nitrogens is 1. The van der Waals surface area contributed by atoms with Crippen molar-refractivity contribution in [1.82, 2.24) is 15.4 Å². The van der Waals surface area contributed by atoms with Gasteiger partial charge in [0, 0.05) is 32.3 Å². The van der Waals surface area contributed by atoms with Crippen LogP contribution in [0.1, 0.15) is 38.1 Å². The maximum absolute atomic E-state index is 5.26. The zero-order valence-electron chi connectivity index (χ0n) is 12.9. The van der Waals surface area contributed by atoms with Crippen LogP contribution in [0.25, 0.3) is 0 Å². The van der Waals surface area contributed by atoms with Gasteiger partial charge in [0.25, 0.3) is 0 Å². The lowest BCUT2D eigenvalue weighted by Crippen LogP contribution is -2.40. The maximum Gasteiger partial charge on any atom is 0.162 e. The highest BCUT2D eigenvalue weighted by Crippen LogP contribution is 2.16. The Morgan fingerprint density at radius 3 is 3.05 bits per heavy atom. The average molecular weight is 281 g/mol. The molecule has 5 nitrogen and oxygen atoms in total. The molecule has 1 saturated heterocycles. The van der Waals surface area contributed by atoms with Crippen LogP contribution < -0.4 is 5.32 Å². The highest BCUT2D eigenvalue weighted by molar-refractivity contribution is 5.04. The van der Waals surface area contributed by atoms with Crippen molar-refractivity contribution in [1.29, 1.82) is 0 Å². The highest BCUT2D eigenvalue weighted by Gasteiger charge is 2.20. The van der Waals surface area contributed by atoms with Crippen LogP contribution in [-0.4, -0.2) is 42.8 Å². The Morgan fingerprint density at radius 1 is 1.55 bits per heavy atom. The van der Waals surface area contributed by atoms with Crippen molar-refractivity contribution >= 4 is 0 Å². The topological polar surface area (TPSA) is 50.5 Å². The first-order valence-electron chi connectivity index (χ1n) is 7.57. The Labute approximate surface area is 121 Å². The van der Waals surface area contributed by atoms with Gasteiger partial charge in [0.2, 0.25) is 0 Å². The maximum atomic E-state index is 5.26. The molecule has 1 aromatic heterocycles. The molecule has 1 unspecified atom stereocenters. The van der Waals surface area contributed by atoms with E-state index in [1.807, 2.05) is 6.07 Å². The van der Waals surface area contributed by atoms with Crippen LogP contribution in [0.3, 0.4) is 0 Å². The number of hydrogen-bond acceptors (Lipinski definition) is 5. The highest BCUT2D eigenvalue weighted by atomic mass is 16.5. The quantitative estimate of drug-likeness (QED) is 0.829. The standard InChI is InChI=1S/C15H27N3O2/c1-12(2)18(9-13-5-4-6-16-8-13)10-14-7-15(11-19-3)20-17-14/h7,12-13,16H,4-6,8-11H2,1-3H3. The summed E-state index contributed by atoms with van der Waals surface area (Å²) >= 11 is 0. The van der Waals surface area contributed by atoms with Crippen molar-refractivity contribution in [3.05, 3.63) is 17.5 Å². The Kier molecular flexibility index (Phi) is 6.01. The molecule has 1 fully saturated rings. The van der Waals surface area contributed by atoms with Gasteiger partial charge < -0.3 is 14.6 Å². The summed E-state index contributed by atoms with van der Waals surface area (Å²) in [7, 11) is 1.67. The van der Waals surface area contributed by atoms with Crippen molar-refractivity contribution < 1.29 is 9.26 Å². The fourth-order valence-corrected chi connectivity index (χ4v) is 2.72. The SMILES string of the molecule is COCc1cc(CN(CC2CCCNC2)C(C)C)no1. The van der Waals surface area contributed by atoms with Gasteiger partial charge in [0.15, 0.2) is 5.76 Å². The van der Waals surface area contributed by atoms with E-state index in [0.29, 0.717) is 12.6 Å². The second-order valence-corrected chi connectivity index (χ2v) is 5.95. The van der Waals surface area contributed by atoms with Gasteiger partial charge in [-0.05, 0) is 45.7 Å². The van der Waals surface area contributed by atoms with Gasteiger partial charge in [-0.3, -0.25) is 4.90 Å². The molecule has 1 aliphatic heterocycles.